The van der Waals surface area contributed by atoms with Gasteiger partial charge in [0.2, 0.25) is 0 Å². The quantitative estimate of drug-likeness (QED) is 0.515. The van der Waals surface area contributed by atoms with Crippen LogP contribution in [0, 0.1) is 0 Å². The Bertz CT molecular complexity index is 832. The first-order chi connectivity index (χ1) is 8.74. The minimum Gasteiger partial charge on any atom is -0.375 e. The number of rotatable bonds is 0. The van der Waals surface area contributed by atoms with Crippen LogP contribution in [0.3, 0.4) is 0 Å². The summed E-state index contributed by atoms with van der Waals surface area (Å²) in [6, 6.07) is 8.09. The van der Waals surface area contributed by atoms with Crippen LogP contribution >= 0.6 is 22.7 Å². The second-order valence-electron chi connectivity index (χ2n) is 4.01. The molecule has 2 aromatic carbocycles. The Morgan fingerprint density at radius 2 is 1.22 bits per heavy atom. The summed E-state index contributed by atoms with van der Waals surface area (Å²) in [6.07, 6.45) is 0. The zero-order chi connectivity index (χ0) is 12.3. The monoisotopic (exact) mass is 272 g/mol. The minimum absolute atomic E-state index is 0.578. The van der Waals surface area contributed by atoms with Gasteiger partial charge >= 0.3 is 0 Å². The van der Waals surface area contributed by atoms with E-state index in [9.17, 15) is 0 Å². The third-order valence-corrected chi connectivity index (χ3v) is 4.86. The molecule has 0 spiro atoms. The average Bonchev–Trinajstić information content (AvgIpc) is 2.92. The predicted octanol–water partition coefficient (Wildman–Crippen LogP) is 3.22. The van der Waals surface area contributed by atoms with Crippen molar-refractivity contribution in [3.05, 3.63) is 24.3 Å². The fourth-order valence-corrected chi connectivity index (χ4v) is 4.07. The van der Waals surface area contributed by atoms with Gasteiger partial charge in [-0.3, -0.25) is 0 Å². The molecule has 88 valence electrons. The van der Waals surface area contributed by atoms with Crippen LogP contribution in [0.2, 0.25) is 0 Å². The Kier molecular flexibility index (Phi) is 1.84. The molecule has 4 aromatic rings. The van der Waals surface area contributed by atoms with Gasteiger partial charge in [0.15, 0.2) is 10.3 Å². The van der Waals surface area contributed by atoms with Crippen LogP contribution in [0.25, 0.3) is 31.2 Å². The number of thiazole rings is 2. The highest BCUT2D eigenvalue weighted by atomic mass is 32.1. The molecule has 0 fully saturated rings. The van der Waals surface area contributed by atoms with E-state index in [0.29, 0.717) is 10.3 Å². The maximum atomic E-state index is 5.84. The molecule has 0 aliphatic heterocycles. The van der Waals surface area contributed by atoms with Gasteiger partial charge in [0.05, 0.1) is 20.4 Å². The largest absolute Gasteiger partial charge is 0.375 e. The first-order valence-corrected chi connectivity index (χ1v) is 7.00. The molecule has 2 aromatic heterocycles. The van der Waals surface area contributed by atoms with Crippen molar-refractivity contribution in [3.8, 4) is 0 Å². The Labute approximate surface area is 110 Å². The average molecular weight is 272 g/mol. The highest BCUT2D eigenvalue weighted by molar-refractivity contribution is 7.30. The predicted molar refractivity (Wildman–Crippen MR) is 79.1 cm³/mol. The lowest BCUT2D eigenvalue weighted by atomic mass is 10.1. The van der Waals surface area contributed by atoms with Crippen LogP contribution in [0.1, 0.15) is 0 Å². The second kappa shape index (κ2) is 3.30. The summed E-state index contributed by atoms with van der Waals surface area (Å²) < 4.78 is 2.16. The van der Waals surface area contributed by atoms with Gasteiger partial charge in [-0.25, -0.2) is 9.97 Å². The first kappa shape index (κ1) is 10.0. The van der Waals surface area contributed by atoms with Gasteiger partial charge in [-0.1, -0.05) is 46.9 Å². The number of hydrogen-bond acceptors (Lipinski definition) is 6. The van der Waals surface area contributed by atoms with Crippen molar-refractivity contribution in [2.45, 2.75) is 0 Å². The molecule has 18 heavy (non-hydrogen) atoms. The first-order valence-electron chi connectivity index (χ1n) is 5.37. The van der Waals surface area contributed by atoms with Crippen LogP contribution in [-0.2, 0) is 0 Å². The van der Waals surface area contributed by atoms with Crippen LogP contribution in [0.15, 0.2) is 24.3 Å². The molecule has 6 heteroatoms. The van der Waals surface area contributed by atoms with Crippen LogP contribution in [-0.4, -0.2) is 9.97 Å². The summed E-state index contributed by atoms with van der Waals surface area (Å²) in [4.78, 5) is 8.87. The molecular formula is C12H8N4S2. The van der Waals surface area contributed by atoms with E-state index in [2.05, 4.69) is 9.97 Å². The van der Waals surface area contributed by atoms with Gasteiger partial charge in [0, 0.05) is 10.8 Å². The zero-order valence-corrected chi connectivity index (χ0v) is 10.8. The minimum atomic E-state index is 0.578. The lowest BCUT2D eigenvalue weighted by Crippen LogP contribution is -1.82. The topological polar surface area (TPSA) is 77.8 Å². The summed E-state index contributed by atoms with van der Waals surface area (Å²) >= 11 is 2.98. The van der Waals surface area contributed by atoms with Gasteiger partial charge in [0.25, 0.3) is 0 Å². The third-order valence-electron chi connectivity index (χ3n) is 2.93. The molecule has 0 aliphatic rings. The lowest BCUT2D eigenvalue weighted by molar-refractivity contribution is 1.50. The molecule has 4 rings (SSSR count). The van der Waals surface area contributed by atoms with Crippen molar-refractivity contribution in [1.29, 1.82) is 0 Å². The number of aromatic nitrogens is 2. The van der Waals surface area contributed by atoms with Crippen LogP contribution in [0.4, 0.5) is 10.3 Å². The van der Waals surface area contributed by atoms with E-state index in [1.165, 1.54) is 22.7 Å². The molecule has 0 amide bonds. The van der Waals surface area contributed by atoms with Gasteiger partial charge < -0.3 is 11.5 Å². The Morgan fingerprint density at radius 3 is 1.67 bits per heavy atom. The molecule has 0 radical (unpaired) electrons. The van der Waals surface area contributed by atoms with Crippen molar-refractivity contribution >= 4 is 64.1 Å². The number of nitrogens with zero attached hydrogens (tertiary/aromatic N) is 2. The zero-order valence-electron chi connectivity index (χ0n) is 9.18. The molecule has 0 saturated carbocycles. The molecular weight excluding hydrogens is 264 g/mol. The Morgan fingerprint density at radius 1 is 0.778 bits per heavy atom. The normalized spacial score (nSPS) is 11.8. The summed E-state index contributed by atoms with van der Waals surface area (Å²) in [7, 11) is 0. The van der Waals surface area contributed by atoms with Gasteiger partial charge in [0.1, 0.15) is 0 Å². The van der Waals surface area contributed by atoms with E-state index in [4.69, 9.17) is 11.5 Å². The SMILES string of the molecule is Nc1nc2c3ccccc3c3nc(N)sc3c2s1. The fraction of sp³-hybridized carbons (Fsp3) is 0. The van der Waals surface area contributed by atoms with Crippen LogP contribution in [0.5, 0.6) is 0 Å². The number of nitrogens with two attached hydrogens (primary N) is 2. The summed E-state index contributed by atoms with van der Waals surface area (Å²) in [5.74, 6) is 0. The maximum Gasteiger partial charge on any atom is 0.181 e. The molecule has 0 saturated heterocycles. The van der Waals surface area contributed by atoms with Crippen molar-refractivity contribution < 1.29 is 0 Å². The number of nitrogen functional groups attached to an aromatic ring is 2. The van der Waals surface area contributed by atoms with E-state index in [1.807, 2.05) is 24.3 Å². The molecule has 0 bridgehead atoms. The van der Waals surface area contributed by atoms with E-state index in [1.54, 1.807) is 0 Å². The van der Waals surface area contributed by atoms with Crippen molar-refractivity contribution in [1.82, 2.24) is 9.97 Å². The maximum absolute atomic E-state index is 5.84. The molecule has 4 nitrogen and oxygen atoms in total. The molecule has 2 heterocycles. The van der Waals surface area contributed by atoms with Gasteiger partial charge in [-0.05, 0) is 0 Å². The van der Waals surface area contributed by atoms with Crippen molar-refractivity contribution in [2.24, 2.45) is 0 Å². The van der Waals surface area contributed by atoms with Crippen LogP contribution < -0.4 is 11.5 Å². The second-order valence-corrected chi connectivity index (χ2v) is 6.07. The summed E-state index contributed by atoms with van der Waals surface area (Å²) in [5, 5.41) is 3.32. The molecule has 4 N–H and O–H groups in total. The van der Waals surface area contributed by atoms with Crippen molar-refractivity contribution in [3.63, 3.8) is 0 Å². The Hall–Kier alpha value is -1.92. The highest BCUT2D eigenvalue weighted by Gasteiger charge is 2.15. The summed E-state index contributed by atoms with van der Waals surface area (Å²) in [6.45, 7) is 0. The van der Waals surface area contributed by atoms with Gasteiger partial charge in [-0.2, -0.15) is 0 Å². The number of fused-ring (bicyclic) bond motifs is 6. The van der Waals surface area contributed by atoms with Crippen molar-refractivity contribution in [2.75, 3.05) is 11.5 Å². The van der Waals surface area contributed by atoms with Gasteiger partial charge in [-0.15, -0.1) is 0 Å². The number of anilines is 2. The fourth-order valence-electron chi connectivity index (χ4n) is 2.24. The third kappa shape index (κ3) is 1.19. The standard InChI is InChI=1S/C12H8N4S2/c13-11-15-7-5-3-1-2-4-6(5)8-10(9(7)17-11)18-12(14)16-8/h1-4H,(H2,13,15)(H2,14,16). The molecule has 0 aliphatic carbocycles. The van der Waals surface area contributed by atoms with E-state index >= 15 is 0 Å². The highest BCUT2D eigenvalue weighted by Crippen LogP contribution is 2.41. The smallest absolute Gasteiger partial charge is 0.181 e. The Balaban J connectivity index is 2.44. The van der Waals surface area contributed by atoms with E-state index < -0.39 is 0 Å². The summed E-state index contributed by atoms with van der Waals surface area (Å²) in [5.41, 5.74) is 13.6. The molecule has 0 atom stereocenters. The molecule has 0 unspecified atom stereocenters. The van der Waals surface area contributed by atoms with E-state index in [0.717, 1.165) is 31.2 Å². The number of benzene rings is 2. The lowest BCUT2D eigenvalue weighted by Gasteiger charge is -1.99. The number of hydrogen-bond donors (Lipinski definition) is 2. The van der Waals surface area contributed by atoms with E-state index in [-0.39, 0.29) is 0 Å².